The standard InChI is InChI=1S/C11H16O2S/c1-11(2,3)13-9-6-5-8(12)7-10(9)14-4/h5-7,12H,1-4H3. The summed E-state index contributed by atoms with van der Waals surface area (Å²) in [6, 6.07) is 5.15. The Hall–Kier alpha value is -0.830. The van der Waals surface area contributed by atoms with Crippen LogP contribution >= 0.6 is 11.8 Å². The summed E-state index contributed by atoms with van der Waals surface area (Å²) in [4.78, 5) is 0.958. The number of ether oxygens (including phenoxy) is 1. The van der Waals surface area contributed by atoms with Crippen molar-refractivity contribution >= 4 is 11.8 Å². The molecule has 0 heterocycles. The predicted octanol–water partition coefficient (Wildman–Crippen LogP) is 3.29. The Kier molecular flexibility index (Phi) is 3.32. The molecular formula is C11H16O2S. The second-order valence-corrected chi connectivity index (χ2v) is 4.90. The van der Waals surface area contributed by atoms with Gasteiger partial charge in [0.25, 0.3) is 0 Å². The Bertz CT molecular complexity index is 316. The minimum Gasteiger partial charge on any atom is -0.508 e. The molecule has 78 valence electrons. The lowest BCUT2D eigenvalue weighted by Crippen LogP contribution is -2.23. The highest BCUT2D eigenvalue weighted by Crippen LogP contribution is 2.33. The molecule has 0 radical (unpaired) electrons. The summed E-state index contributed by atoms with van der Waals surface area (Å²) >= 11 is 1.57. The highest BCUT2D eigenvalue weighted by molar-refractivity contribution is 7.98. The normalized spacial score (nSPS) is 11.4. The summed E-state index contributed by atoms with van der Waals surface area (Å²) in [5, 5.41) is 9.30. The zero-order valence-corrected chi connectivity index (χ0v) is 9.81. The lowest BCUT2D eigenvalue weighted by molar-refractivity contribution is 0.126. The van der Waals surface area contributed by atoms with Crippen LogP contribution in [0.4, 0.5) is 0 Å². The van der Waals surface area contributed by atoms with Crippen LogP contribution in [0.2, 0.25) is 0 Å². The fourth-order valence-corrected chi connectivity index (χ4v) is 1.62. The number of rotatable bonds is 2. The SMILES string of the molecule is CSc1cc(O)ccc1OC(C)(C)C. The van der Waals surface area contributed by atoms with Crippen molar-refractivity contribution in [3.05, 3.63) is 18.2 Å². The van der Waals surface area contributed by atoms with Gasteiger partial charge in [0.15, 0.2) is 0 Å². The molecule has 1 aromatic rings. The average molecular weight is 212 g/mol. The van der Waals surface area contributed by atoms with Crippen molar-refractivity contribution in [2.45, 2.75) is 31.3 Å². The molecule has 0 aromatic heterocycles. The molecule has 0 atom stereocenters. The second kappa shape index (κ2) is 4.13. The summed E-state index contributed by atoms with van der Waals surface area (Å²) in [6.45, 7) is 6.01. The molecule has 1 aromatic carbocycles. The number of hydrogen-bond donors (Lipinski definition) is 1. The monoisotopic (exact) mass is 212 g/mol. The van der Waals surface area contributed by atoms with E-state index < -0.39 is 0 Å². The van der Waals surface area contributed by atoms with Crippen LogP contribution in [0.3, 0.4) is 0 Å². The molecule has 1 rings (SSSR count). The molecule has 3 heteroatoms. The molecule has 0 aliphatic rings. The Morgan fingerprint density at radius 3 is 2.43 bits per heavy atom. The van der Waals surface area contributed by atoms with Gasteiger partial charge in [-0.2, -0.15) is 0 Å². The van der Waals surface area contributed by atoms with E-state index in [1.165, 1.54) is 0 Å². The van der Waals surface area contributed by atoms with Gasteiger partial charge < -0.3 is 9.84 Å². The zero-order chi connectivity index (χ0) is 10.8. The minimum absolute atomic E-state index is 0.207. The summed E-state index contributed by atoms with van der Waals surface area (Å²) in [5.74, 6) is 1.10. The Morgan fingerprint density at radius 1 is 1.29 bits per heavy atom. The van der Waals surface area contributed by atoms with E-state index in [9.17, 15) is 5.11 Å². The molecular weight excluding hydrogens is 196 g/mol. The molecule has 1 N–H and O–H groups in total. The molecule has 0 saturated heterocycles. The largest absolute Gasteiger partial charge is 0.508 e. The Labute approximate surface area is 89.3 Å². The van der Waals surface area contributed by atoms with Crippen molar-refractivity contribution in [3.8, 4) is 11.5 Å². The van der Waals surface area contributed by atoms with Gasteiger partial charge in [-0.1, -0.05) is 0 Å². The summed E-state index contributed by atoms with van der Waals surface area (Å²) < 4.78 is 5.75. The van der Waals surface area contributed by atoms with E-state index in [0.29, 0.717) is 0 Å². The van der Waals surface area contributed by atoms with Crippen LogP contribution in [0.1, 0.15) is 20.8 Å². The molecule has 2 nitrogen and oxygen atoms in total. The average Bonchev–Trinajstić information content (AvgIpc) is 2.06. The van der Waals surface area contributed by atoms with Crippen molar-refractivity contribution in [2.75, 3.05) is 6.26 Å². The fourth-order valence-electron chi connectivity index (χ4n) is 1.07. The lowest BCUT2D eigenvalue weighted by atomic mass is 10.2. The van der Waals surface area contributed by atoms with Crippen molar-refractivity contribution in [2.24, 2.45) is 0 Å². The van der Waals surface area contributed by atoms with Gasteiger partial charge >= 0.3 is 0 Å². The predicted molar refractivity (Wildman–Crippen MR) is 60.3 cm³/mol. The highest BCUT2D eigenvalue weighted by atomic mass is 32.2. The molecule has 0 bridgehead atoms. The van der Waals surface area contributed by atoms with Crippen molar-refractivity contribution in [1.82, 2.24) is 0 Å². The van der Waals surface area contributed by atoms with Gasteiger partial charge in [-0.25, -0.2) is 0 Å². The van der Waals surface area contributed by atoms with Gasteiger partial charge in [-0.05, 0) is 45.2 Å². The third-order valence-corrected chi connectivity index (χ3v) is 2.32. The van der Waals surface area contributed by atoms with Crippen LogP contribution in [0.25, 0.3) is 0 Å². The van der Waals surface area contributed by atoms with Gasteiger partial charge in [0.05, 0.1) is 4.90 Å². The number of phenols is 1. The van der Waals surface area contributed by atoms with Gasteiger partial charge in [0, 0.05) is 0 Å². The quantitative estimate of drug-likeness (QED) is 0.763. The third-order valence-electron chi connectivity index (χ3n) is 1.56. The molecule has 14 heavy (non-hydrogen) atoms. The number of thioether (sulfide) groups is 1. The fraction of sp³-hybridized carbons (Fsp3) is 0.455. The first kappa shape index (κ1) is 11.2. The maximum Gasteiger partial charge on any atom is 0.133 e. The molecule has 0 aliphatic heterocycles. The van der Waals surface area contributed by atoms with Gasteiger partial charge in [0.2, 0.25) is 0 Å². The number of aromatic hydroxyl groups is 1. The summed E-state index contributed by atoms with van der Waals surface area (Å²) in [6.07, 6.45) is 1.96. The number of phenolic OH excluding ortho intramolecular Hbond substituents is 1. The first-order valence-electron chi connectivity index (χ1n) is 4.48. The van der Waals surface area contributed by atoms with E-state index in [4.69, 9.17) is 4.74 Å². The summed E-state index contributed by atoms with van der Waals surface area (Å²) in [5.41, 5.74) is -0.207. The van der Waals surface area contributed by atoms with Crippen LogP contribution in [-0.4, -0.2) is 17.0 Å². The van der Waals surface area contributed by atoms with Crippen LogP contribution < -0.4 is 4.74 Å². The maximum atomic E-state index is 9.30. The topological polar surface area (TPSA) is 29.5 Å². The highest BCUT2D eigenvalue weighted by Gasteiger charge is 2.14. The van der Waals surface area contributed by atoms with Crippen molar-refractivity contribution in [1.29, 1.82) is 0 Å². The van der Waals surface area contributed by atoms with E-state index in [1.807, 2.05) is 27.0 Å². The third kappa shape index (κ3) is 3.14. The molecule has 0 fully saturated rings. The van der Waals surface area contributed by atoms with Crippen LogP contribution in [0, 0.1) is 0 Å². The van der Waals surface area contributed by atoms with E-state index in [-0.39, 0.29) is 11.4 Å². The Morgan fingerprint density at radius 2 is 1.93 bits per heavy atom. The van der Waals surface area contributed by atoms with Gasteiger partial charge in [0.1, 0.15) is 17.1 Å². The maximum absolute atomic E-state index is 9.30. The van der Waals surface area contributed by atoms with Crippen LogP contribution in [0.5, 0.6) is 11.5 Å². The summed E-state index contributed by atoms with van der Waals surface area (Å²) in [7, 11) is 0. The first-order chi connectivity index (χ1) is 6.42. The lowest BCUT2D eigenvalue weighted by Gasteiger charge is -2.22. The second-order valence-electron chi connectivity index (χ2n) is 4.05. The molecule has 0 unspecified atom stereocenters. The smallest absolute Gasteiger partial charge is 0.133 e. The van der Waals surface area contributed by atoms with Crippen LogP contribution in [0.15, 0.2) is 23.1 Å². The van der Waals surface area contributed by atoms with Crippen molar-refractivity contribution in [3.63, 3.8) is 0 Å². The minimum atomic E-state index is -0.207. The van der Waals surface area contributed by atoms with Crippen molar-refractivity contribution < 1.29 is 9.84 Å². The van der Waals surface area contributed by atoms with Crippen LogP contribution in [-0.2, 0) is 0 Å². The van der Waals surface area contributed by atoms with E-state index >= 15 is 0 Å². The molecule has 0 saturated carbocycles. The number of hydrogen-bond acceptors (Lipinski definition) is 3. The van der Waals surface area contributed by atoms with E-state index in [0.717, 1.165) is 10.6 Å². The molecule has 0 aliphatic carbocycles. The Balaban J connectivity index is 2.97. The number of benzene rings is 1. The molecule has 0 spiro atoms. The zero-order valence-electron chi connectivity index (χ0n) is 9.00. The van der Waals surface area contributed by atoms with Gasteiger partial charge in [-0.15, -0.1) is 11.8 Å². The van der Waals surface area contributed by atoms with E-state index in [2.05, 4.69) is 0 Å². The first-order valence-corrected chi connectivity index (χ1v) is 5.71. The van der Waals surface area contributed by atoms with Gasteiger partial charge in [-0.3, -0.25) is 0 Å². The molecule has 0 amide bonds. The van der Waals surface area contributed by atoms with E-state index in [1.54, 1.807) is 30.0 Å².